The summed E-state index contributed by atoms with van der Waals surface area (Å²) >= 11 is 0. The third kappa shape index (κ3) is 2.23. The smallest absolute Gasteiger partial charge is 0.265 e. The molecule has 5 nitrogen and oxygen atoms in total. The van der Waals surface area contributed by atoms with Crippen molar-refractivity contribution in [2.24, 2.45) is 5.73 Å². The van der Waals surface area contributed by atoms with Crippen molar-refractivity contribution in [3.05, 3.63) is 42.7 Å². The number of rotatable bonds is 3. The summed E-state index contributed by atoms with van der Waals surface area (Å²) in [4.78, 5) is 17.6. The normalized spacial score (nSPS) is 13.8. The molecule has 5 heteroatoms. The number of nitrogens with zero attached hydrogens (tertiary/aromatic N) is 2. The maximum Gasteiger partial charge on any atom is 0.265 e. The molecule has 1 amide bonds. The van der Waals surface area contributed by atoms with Crippen molar-refractivity contribution in [2.75, 3.05) is 24.6 Å². The Kier molecular flexibility index (Phi) is 3.35. The van der Waals surface area contributed by atoms with Gasteiger partial charge in [-0.05, 0) is 35.4 Å². The third-order valence-electron chi connectivity index (χ3n) is 3.27. The third-order valence-corrected chi connectivity index (χ3v) is 3.27. The molecule has 20 heavy (non-hydrogen) atoms. The lowest BCUT2D eigenvalue weighted by atomic mass is 10.0. The molecule has 0 spiro atoms. The average molecular weight is 269 g/mol. The van der Waals surface area contributed by atoms with Crippen LogP contribution in [0, 0.1) is 0 Å². The molecular formula is C15H15N3O2. The van der Waals surface area contributed by atoms with Gasteiger partial charge in [-0.15, -0.1) is 0 Å². The van der Waals surface area contributed by atoms with Gasteiger partial charge in [-0.1, -0.05) is 6.07 Å². The number of anilines is 1. The van der Waals surface area contributed by atoms with Crippen LogP contribution >= 0.6 is 0 Å². The van der Waals surface area contributed by atoms with Crippen LogP contribution in [0.4, 0.5) is 5.69 Å². The van der Waals surface area contributed by atoms with Gasteiger partial charge in [0, 0.05) is 25.5 Å². The Morgan fingerprint density at radius 3 is 2.75 bits per heavy atom. The highest BCUT2D eigenvalue weighted by atomic mass is 16.5. The molecule has 0 atom stereocenters. The number of benzene rings is 1. The lowest BCUT2D eigenvalue weighted by Gasteiger charge is -2.29. The van der Waals surface area contributed by atoms with E-state index in [1.165, 1.54) is 0 Å². The lowest BCUT2D eigenvalue weighted by Crippen LogP contribution is -2.41. The Balaban J connectivity index is 2.04. The first-order valence-electron chi connectivity index (χ1n) is 6.47. The largest absolute Gasteiger partial charge is 0.482 e. The summed E-state index contributed by atoms with van der Waals surface area (Å²) in [5.41, 5.74) is 8.43. The van der Waals surface area contributed by atoms with E-state index in [4.69, 9.17) is 10.5 Å². The quantitative estimate of drug-likeness (QED) is 0.915. The molecule has 102 valence electrons. The molecule has 1 aliphatic rings. The first-order valence-corrected chi connectivity index (χ1v) is 6.47. The summed E-state index contributed by atoms with van der Waals surface area (Å²) in [6.45, 7) is 0.987. The van der Waals surface area contributed by atoms with Crippen molar-refractivity contribution < 1.29 is 9.53 Å². The SMILES string of the molecule is NCCN1C(=O)COc2ccc(-c3ccncc3)cc21. The van der Waals surface area contributed by atoms with E-state index in [0.29, 0.717) is 13.1 Å². The molecule has 1 aliphatic heterocycles. The zero-order chi connectivity index (χ0) is 13.9. The molecule has 0 fully saturated rings. The molecule has 2 aromatic rings. The van der Waals surface area contributed by atoms with Gasteiger partial charge in [0.2, 0.25) is 0 Å². The van der Waals surface area contributed by atoms with Crippen LogP contribution in [0.15, 0.2) is 42.7 Å². The highest BCUT2D eigenvalue weighted by Gasteiger charge is 2.25. The molecule has 0 saturated heterocycles. The Morgan fingerprint density at radius 2 is 2.00 bits per heavy atom. The van der Waals surface area contributed by atoms with E-state index in [1.807, 2.05) is 30.3 Å². The fourth-order valence-electron chi connectivity index (χ4n) is 2.30. The molecule has 0 radical (unpaired) electrons. The van der Waals surface area contributed by atoms with Gasteiger partial charge < -0.3 is 15.4 Å². The predicted octanol–water partition coefficient (Wildman–Crippen LogP) is 1.43. The van der Waals surface area contributed by atoms with Gasteiger partial charge in [0.15, 0.2) is 6.61 Å². The fraction of sp³-hybridized carbons (Fsp3) is 0.200. The number of pyridine rings is 1. The molecule has 1 aromatic heterocycles. The maximum atomic E-state index is 11.9. The lowest BCUT2D eigenvalue weighted by molar-refractivity contribution is -0.121. The van der Waals surface area contributed by atoms with Gasteiger partial charge in [0.25, 0.3) is 5.91 Å². The summed E-state index contributed by atoms with van der Waals surface area (Å²) in [5.74, 6) is 0.658. The molecule has 2 heterocycles. The number of aromatic nitrogens is 1. The molecule has 1 aromatic carbocycles. The van der Waals surface area contributed by atoms with Crippen molar-refractivity contribution >= 4 is 11.6 Å². The first kappa shape index (κ1) is 12.6. The molecule has 0 unspecified atom stereocenters. The fourth-order valence-corrected chi connectivity index (χ4v) is 2.30. The van der Waals surface area contributed by atoms with E-state index in [1.54, 1.807) is 17.3 Å². The van der Waals surface area contributed by atoms with Gasteiger partial charge in [-0.3, -0.25) is 9.78 Å². The van der Waals surface area contributed by atoms with E-state index in [9.17, 15) is 4.79 Å². The van der Waals surface area contributed by atoms with E-state index in [0.717, 1.165) is 22.6 Å². The Hall–Kier alpha value is -2.40. The summed E-state index contributed by atoms with van der Waals surface area (Å²) < 4.78 is 5.46. The van der Waals surface area contributed by atoms with E-state index in [-0.39, 0.29) is 12.5 Å². The maximum absolute atomic E-state index is 11.9. The van der Waals surface area contributed by atoms with E-state index >= 15 is 0 Å². The van der Waals surface area contributed by atoms with Gasteiger partial charge in [0.05, 0.1) is 5.69 Å². The van der Waals surface area contributed by atoms with E-state index in [2.05, 4.69) is 4.98 Å². The van der Waals surface area contributed by atoms with Crippen LogP contribution < -0.4 is 15.4 Å². The number of fused-ring (bicyclic) bond motifs is 1. The average Bonchev–Trinajstić information content (AvgIpc) is 2.51. The molecule has 3 rings (SSSR count). The summed E-state index contributed by atoms with van der Waals surface area (Å²) in [6, 6.07) is 9.68. The molecule has 2 N–H and O–H groups in total. The zero-order valence-electron chi connectivity index (χ0n) is 11.0. The number of hydrogen-bond acceptors (Lipinski definition) is 4. The number of hydrogen-bond donors (Lipinski definition) is 1. The topological polar surface area (TPSA) is 68.5 Å². The Labute approximate surface area is 117 Å². The van der Waals surface area contributed by atoms with Crippen LogP contribution in [-0.4, -0.2) is 30.6 Å². The second-order valence-corrected chi connectivity index (χ2v) is 4.54. The van der Waals surface area contributed by atoms with Crippen LogP contribution in [0.1, 0.15) is 0 Å². The molecule has 0 saturated carbocycles. The standard InChI is InChI=1S/C15H15N3O2/c16-5-8-18-13-9-12(11-3-6-17-7-4-11)1-2-14(13)20-10-15(18)19/h1-4,6-7,9H,5,8,10,16H2. The van der Waals surface area contributed by atoms with Gasteiger partial charge in [-0.25, -0.2) is 0 Å². The highest BCUT2D eigenvalue weighted by Crippen LogP contribution is 2.35. The Bertz CT molecular complexity index is 628. The summed E-state index contributed by atoms with van der Waals surface area (Å²) in [7, 11) is 0. The van der Waals surface area contributed by atoms with Crippen LogP contribution in [0.5, 0.6) is 5.75 Å². The van der Waals surface area contributed by atoms with Gasteiger partial charge >= 0.3 is 0 Å². The minimum absolute atomic E-state index is 0.0603. The molecule has 0 aliphatic carbocycles. The van der Waals surface area contributed by atoms with E-state index < -0.39 is 0 Å². The van der Waals surface area contributed by atoms with Gasteiger partial charge in [-0.2, -0.15) is 0 Å². The van der Waals surface area contributed by atoms with Crippen LogP contribution in [0.25, 0.3) is 11.1 Å². The first-order chi connectivity index (χ1) is 9.79. The predicted molar refractivity (Wildman–Crippen MR) is 76.6 cm³/mol. The van der Waals surface area contributed by atoms with Crippen molar-refractivity contribution in [3.8, 4) is 16.9 Å². The van der Waals surface area contributed by atoms with Crippen LogP contribution in [0.2, 0.25) is 0 Å². The summed E-state index contributed by atoms with van der Waals surface area (Å²) in [5, 5.41) is 0. The minimum atomic E-state index is -0.0603. The minimum Gasteiger partial charge on any atom is -0.482 e. The number of ether oxygens (including phenoxy) is 1. The van der Waals surface area contributed by atoms with Gasteiger partial charge in [0.1, 0.15) is 5.75 Å². The van der Waals surface area contributed by atoms with Crippen LogP contribution in [-0.2, 0) is 4.79 Å². The number of carbonyl (C=O) groups excluding carboxylic acids is 1. The Morgan fingerprint density at radius 1 is 1.20 bits per heavy atom. The van der Waals surface area contributed by atoms with Crippen molar-refractivity contribution in [3.63, 3.8) is 0 Å². The van der Waals surface area contributed by atoms with Crippen molar-refractivity contribution in [1.29, 1.82) is 0 Å². The number of carbonyl (C=O) groups is 1. The molecule has 0 bridgehead atoms. The number of amides is 1. The van der Waals surface area contributed by atoms with Crippen molar-refractivity contribution in [1.82, 2.24) is 4.98 Å². The van der Waals surface area contributed by atoms with Crippen LogP contribution in [0.3, 0.4) is 0 Å². The highest BCUT2D eigenvalue weighted by molar-refractivity contribution is 5.98. The molecular weight excluding hydrogens is 254 g/mol. The monoisotopic (exact) mass is 269 g/mol. The van der Waals surface area contributed by atoms with Crippen molar-refractivity contribution in [2.45, 2.75) is 0 Å². The second kappa shape index (κ2) is 5.30. The zero-order valence-corrected chi connectivity index (χ0v) is 11.0. The second-order valence-electron chi connectivity index (χ2n) is 4.54. The number of nitrogens with two attached hydrogens (primary N) is 1. The summed E-state index contributed by atoms with van der Waals surface area (Å²) in [6.07, 6.45) is 3.49.